The molecule has 3 heteroatoms. The smallest absolute Gasteiger partial charge is 0.0895 e. The summed E-state index contributed by atoms with van der Waals surface area (Å²) in [6.45, 7) is 2.05. The molecular formula is C9H8Cl2S. The first-order chi connectivity index (χ1) is 5.72. The maximum absolute atomic E-state index is 5.73. The molecule has 0 aliphatic rings. The molecule has 0 aliphatic carbocycles. The van der Waals surface area contributed by atoms with Crippen LogP contribution in [0.15, 0.2) is 39.1 Å². The zero-order valence-corrected chi connectivity index (χ0v) is 8.88. The van der Waals surface area contributed by atoms with E-state index in [1.807, 2.05) is 31.2 Å². The van der Waals surface area contributed by atoms with E-state index in [1.165, 1.54) is 22.9 Å². The quantitative estimate of drug-likeness (QED) is 0.665. The molecule has 64 valence electrons. The van der Waals surface area contributed by atoms with Gasteiger partial charge in [0.15, 0.2) is 0 Å². The van der Waals surface area contributed by atoms with Gasteiger partial charge in [0.05, 0.1) is 4.36 Å². The Morgan fingerprint density at radius 2 is 1.92 bits per heavy atom. The summed E-state index contributed by atoms with van der Waals surface area (Å²) in [5, 5.41) is 0. The van der Waals surface area contributed by atoms with Crippen LogP contribution in [-0.4, -0.2) is 0 Å². The molecule has 1 aromatic rings. The monoisotopic (exact) mass is 218 g/mol. The number of rotatable bonds is 2. The van der Waals surface area contributed by atoms with Gasteiger partial charge >= 0.3 is 0 Å². The zero-order chi connectivity index (χ0) is 8.97. The van der Waals surface area contributed by atoms with Crippen molar-refractivity contribution in [3.05, 3.63) is 39.7 Å². The van der Waals surface area contributed by atoms with Gasteiger partial charge in [0, 0.05) is 10.4 Å². The minimum Gasteiger partial charge on any atom is -0.0908 e. The Labute approximate surface area is 86.6 Å². The maximum atomic E-state index is 5.73. The SMILES string of the molecule is Cc1ccc(SC(Cl)=CCl)cc1. The molecule has 0 unspecified atom stereocenters. The molecule has 0 spiro atoms. The Balaban J connectivity index is 2.71. The second-order valence-corrected chi connectivity index (χ2v) is 4.29. The van der Waals surface area contributed by atoms with Crippen molar-refractivity contribution in [1.29, 1.82) is 0 Å². The van der Waals surface area contributed by atoms with E-state index in [9.17, 15) is 0 Å². The van der Waals surface area contributed by atoms with Crippen molar-refractivity contribution in [2.75, 3.05) is 0 Å². The van der Waals surface area contributed by atoms with Crippen LogP contribution >= 0.6 is 35.0 Å². The first-order valence-electron chi connectivity index (χ1n) is 3.43. The summed E-state index contributed by atoms with van der Waals surface area (Å²) < 4.78 is 0.584. The molecule has 0 saturated carbocycles. The fourth-order valence-electron chi connectivity index (χ4n) is 0.741. The van der Waals surface area contributed by atoms with Gasteiger partial charge in [-0.2, -0.15) is 0 Å². The van der Waals surface area contributed by atoms with Crippen molar-refractivity contribution in [2.45, 2.75) is 11.8 Å². The standard InChI is InChI=1S/C9H8Cl2S/c1-7-2-4-8(5-3-7)12-9(11)6-10/h2-6H,1H3. The first-order valence-corrected chi connectivity index (χ1v) is 5.06. The lowest BCUT2D eigenvalue weighted by Crippen LogP contribution is -1.72. The fourth-order valence-corrected chi connectivity index (χ4v) is 1.68. The van der Waals surface area contributed by atoms with E-state index in [1.54, 1.807) is 0 Å². The number of hydrogen-bond donors (Lipinski definition) is 0. The predicted octanol–water partition coefficient (Wildman–Crippen LogP) is 4.36. The van der Waals surface area contributed by atoms with Gasteiger partial charge in [0.1, 0.15) is 0 Å². The number of thioether (sulfide) groups is 1. The van der Waals surface area contributed by atoms with Crippen molar-refractivity contribution < 1.29 is 0 Å². The molecule has 0 fully saturated rings. The molecule has 0 nitrogen and oxygen atoms in total. The highest BCUT2D eigenvalue weighted by molar-refractivity contribution is 8.04. The first kappa shape index (κ1) is 9.97. The Hall–Kier alpha value is -0.110. The minimum absolute atomic E-state index is 0.584. The highest BCUT2D eigenvalue weighted by atomic mass is 35.5. The summed E-state index contributed by atoms with van der Waals surface area (Å²) in [5.41, 5.74) is 2.61. The maximum Gasteiger partial charge on any atom is 0.0895 e. The summed E-state index contributed by atoms with van der Waals surface area (Å²) in [4.78, 5) is 1.10. The summed E-state index contributed by atoms with van der Waals surface area (Å²) in [5.74, 6) is 0. The second kappa shape index (κ2) is 4.80. The van der Waals surface area contributed by atoms with Crippen molar-refractivity contribution in [3.8, 4) is 0 Å². The predicted molar refractivity (Wildman–Crippen MR) is 56.8 cm³/mol. The number of hydrogen-bond acceptors (Lipinski definition) is 1. The van der Waals surface area contributed by atoms with Gasteiger partial charge in [-0.15, -0.1) is 0 Å². The third-order valence-electron chi connectivity index (χ3n) is 1.32. The number of benzene rings is 1. The summed E-state index contributed by atoms with van der Waals surface area (Å²) in [6.07, 6.45) is 0. The lowest BCUT2D eigenvalue weighted by molar-refractivity contribution is 1.38. The van der Waals surface area contributed by atoms with Gasteiger partial charge in [-0.1, -0.05) is 52.7 Å². The molecule has 0 aliphatic heterocycles. The summed E-state index contributed by atoms with van der Waals surface area (Å²) in [6, 6.07) is 8.12. The molecule has 0 radical (unpaired) electrons. The number of halogens is 2. The molecule has 0 aromatic heterocycles. The largest absolute Gasteiger partial charge is 0.0908 e. The van der Waals surface area contributed by atoms with Crippen LogP contribution in [0.1, 0.15) is 5.56 Å². The second-order valence-electron chi connectivity index (χ2n) is 2.33. The normalized spacial score (nSPS) is 11.8. The minimum atomic E-state index is 0.584. The van der Waals surface area contributed by atoms with E-state index in [0.29, 0.717) is 4.36 Å². The molecule has 0 heterocycles. The number of aryl methyl sites for hydroxylation is 1. The van der Waals surface area contributed by atoms with Gasteiger partial charge in [0.25, 0.3) is 0 Å². The van der Waals surface area contributed by atoms with Gasteiger partial charge in [-0.3, -0.25) is 0 Å². The van der Waals surface area contributed by atoms with Crippen molar-refractivity contribution in [3.63, 3.8) is 0 Å². The van der Waals surface area contributed by atoms with Crippen LogP contribution < -0.4 is 0 Å². The van der Waals surface area contributed by atoms with E-state index >= 15 is 0 Å². The van der Waals surface area contributed by atoms with Crippen molar-refractivity contribution in [1.82, 2.24) is 0 Å². The van der Waals surface area contributed by atoms with E-state index in [2.05, 4.69) is 0 Å². The van der Waals surface area contributed by atoms with Crippen LogP contribution in [0.3, 0.4) is 0 Å². The van der Waals surface area contributed by atoms with Crippen LogP contribution in [0.4, 0.5) is 0 Å². The molecule has 0 saturated heterocycles. The Morgan fingerprint density at radius 1 is 1.33 bits per heavy atom. The molecule has 0 atom stereocenters. The van der Waals surface area contributed by atoms with Gasteiger partial charge in [-0.05, 0) is 19.1 Å². The summed E-state index contributed by atoms with van der Waals surface area (Å²) in [7, 11) is 0. The molecule has 0 N–H and O–H groups in total. The van der Waals surface area contributed by atoms with E-state index < -0.39 is 0 Å². The van der Waals surface area contributed by atoms with E-state index in [4.69, 9.17) is 23.2 Å². The average molecular weight is 219 g/mol. The summed E-state index contributed by atoms with van der Waals surface area (Å²) >= 11 is 12.6. The van der Waals surface area contributed by atoms with Crippen LogP contribution in [0.5, 0.6) is 0 Å². The molecule has 0 bridgehead atoms. The lowest BCUT2D eigenvalue weighted by atomic mass is 10.2. The van der Waals surface area contributed by atoms with Crippen molar-refractivity contribution in [2.24, 2.45) is 0 Å². The Morgan fingerprint density at radius 3 is 2.42 bits per heavy atom. The fraction of sp³-hybridized carbons (Fsp3) is 0.111. The molecule has 12 heavy (non-hydrogen) atoms. The Kier molecular flexibility index (Phi) is 3.99. The van der Waals surface area contributed by atoms with Gasteiger partial charge < -0.3 is 0 Å². The zero-order valence-electron chi connectivity index (χ0n) is 6.55. The third-order valence-corrected chi connectivity index (χ3v) is 2.94. The Bertz CT molecular complexity index is 277. The topological polar surface area (TPSA) is 0 Å². The molecule has 1 rings (SSSR count). The van der Waals surface area contributed by atoms with Crippen molar-refractivity contribution >= 4 is 35.0 Å². The van der Waals surface area contributed by atoms with Gasteiger partial charge in [0.2, 0.25) is 0 Å². The van der Waals surface area contributed by atoms with Crippen LogP contribution in [0.2, 0.25) is 0 Å². The lowest BCUT2D eigenvalue weighted by Gasteiger charge is -1.98. The van der Waals surface area contributed by atoms with Crippen LogP contribution in [0.25, 0.3) is 0 Å². The molecule has 0 amide bonds. The highest BCUT2D eigenvalue weighted by Gasteiger charge is 1.95. The molecule has 1 aromatic carbocycles. The van der Waals surface area contributed by atoms with Gasteiger partial charge in [-0.25, -0.2) is 0 Å². The average Bonchev–Trinajstić information content (AvgIpc) is 2.09. The van der Waals surface area contributed by atoms with Crippen LogP contribution in [-0.2, 0) is 0 Å². The highest BCUT2D eigenvalue weighted by Crippen LogP contribution is 2.29. The van der Waals surface area contributed by atoms with E-state index in [0.717, 1.165) is 4.90 Å². The van der Waals surface area contributed by atoms with E-state index in [-0.39, 0.29) is 0 Å². The van der Waals surface area contributed by atoms with Crippen LogP contribution in [0, 0.1) is 6.92 Å². The molecular weight excluding hydrogens is 211 g/mol. The third kappa shape index (κ3) is 3.10.